The Morgan fingerprint density at radius 1 is 0.922 bits per heavy atom. The molecule has 13 heteroatoms. The van der Waals surface area contributed by atoms with E-state index in [1.165, 1.54) is 28.5 Å². The number of esters is 1. The Bertz CT molecular complexity index is 2020. The Labute approximate surface area is 298 Å². The summed E-state index contributed by atoms with van der Waals surface area (Å²) in [6.45, 7) is -0.0412. The zero-order valence-corrected chi connectivity index (χ0v) is 28.7. The van der Waals surface area contributed by atoms with Crippen molar-refractivity contribution in [1.29, 1.82) is 0 Å². The molecule has 0 spiro atoms. The molecule has 0 unspecified atom stereocenters. The predicted octanol–water partition coefficient (Wildman–Crippen LogP) is 4.46. The third kappa shape index (κ3) is 6.78. The number of nitrogens with one attached hydrogen (secondary N) is 1. The Hall–Kier alpha value is -5.63. The van der Waals surface area contributed by atoms with Gasteiger partial charge in [0.1, 0.15) is 5.70 Å². The van der Waals surface area contributed by atoms with Crippen molar-refractivity contribution in [2.45, 2.75) is 29.6 Å². The van der Waals surface area contributed by atoms with Gasteiger partial charge in [-0.3, -0.25) is 14.5 Å². The number of aromatic nitrogens is 4. The molecule has 3 heterocycles. The molecule has 1 aromatic heterocycles. The highest BCUT2D eigenvalue weighted by atomic mass is 32.2. The summed E-state index contributed by atoms with van der Waals surface area (Å²) in [4.78, 5) is 43.1. The number of fused-ring (bicyclic) bond motifs is 1. The molecule has 2 aliphatic heterocycles. The normalized spacial score (nSPS) is 18.3. The Kier molecular flexibility index (Phi) is 9.75. The Morgan fingerprint density at radius 3 is 2.12 bits per heavy atom. The number of carbonyl (C=O) groups is 3. The van der Waals surface area contributed by atoms with Crippen LogP contribution >= 0.6 is 11.8 Å². The van der Waals surface area contributed by atoms with Crippen molar-refractivity contribution < 1.29 is 28.6 Å². The van der Waals surface area contributed by atoms with Gasteiger partial charge < -0.3 is 19.5 Å². The van der Waals surface area contributed by atoms with Crippen LogP contribution in [-0.2, 0) is 42.1 Å². The lowest BCUT2D eigenvalue weighted by Crippen LogP contribution is -2.82. The fraction of sp³-hybridized carbons (Fsp3) is 0.211. The number of hydrogen-bond donors (Lipinski definition) is 1. The summed E-state index contributed by atoms with van der Waals surface area (Å²) < 4.78 is 19.6. The number of carbonyl (C=O) groups excluding carboxylic acids is 3. The smallest absolute Gasteiger partial charge is 0.356 e. The number of thioether (sulfide) groups is 1. The molecule has 0 radical (unpaired) electrons. The number of rotatable bonds is 12. The van der Waals surface area contributed by atoms with Crippen molar-refractivity contribution in [3.63, 3.8) is 0 Å². The van der Waals surface area contributed by atoms with Gasteiger partial charge in [-0.15, -0.1) is 5.10 Å². The first-order chi connectivity index (χ1) is 24.9. The second kappa shape index (κ2) is 14.7. The molecule has 1 saturated heterocycles. The standard InChI is InChI=1S/C38H34N6O6S/c1-43-37(40-41-42-43)51-24-30-23-49-36-38(48-2,39-31(45)22-25-18-20-27(21-19-25)26-12-6-3-7-13-26)35(47)44(36)32(30)34(46)50-33(28-14-8-4-9-15-28)29-16-10-5-11-17-29/h3-21,33,36H,22-24H2,1-2H3,(H,39,45)/t36-,38+/m1/s1. The van der Waals surface area contributed by atoms with Crippen LogP contribution in [0.5, 0.6) is 0 Å². The van der Waals surface area contributed by atoms with Gasteiger partial charge in [-0.1, -0.05) is 127 Å². The molecular weight excluding hydrogens is 669 g/mol. The van der Waals surface area contributed by atoms with Gasteiger partial charge in [-0.2, -0.15) is 0 Å². The number of ether oxygens (including phenoxy) is 3. The van der Waals surface area contributed by atoms with Gasteiger partial charge in [0.25, 0.3) is 11.6 Å². The Morgan fingerprint density at radius 2 is 1.53 bits per heavy atom. The van der Waals surface area contributed by atoms with Gasteiger partial charge >= 0.3 is 5.97 Å². The van der Waals surface area contributed by atoms with Gasteiger partial charge in [0.05, 0.1) is 13.0 Å². The number of nitrogens with zero attached hydrogens (tertiary/aromatic N) is 5. The van der Waals surface area contributed by atoms with Gasteiger partial charge in [0.15, 0.2) is 12.3 Å². The molecule has 2 atom stereocenters. The molecule has 1 fully saturated rings. The van der Waals surface area contributed by atoms with Crippen LogP contribution in [0.1, 0.15) is 22.8 Å². The summed E-state index contributed by atoms with van der Waals surface area (Å²) >= 11 is 1.28. The van der Waals surface area contributed by atoms with Crippen molar-refractivity contribution >= 4 is 29.5 Å². The average molecular weight is 703 g/mol. The second-order valence-electron chi connectivity index (χ2n) is 12.0. The molecule has 2 aliphatic rings. The minimum absolute atomic E-state index is 0.00558. The van der Waals surface area contributed by atoms with E-state index in [4.69, 9.17) is 14.2 Å². The number of amides is 2. The first-order valence-corrected chi connectivity index (χ1v) is 17.2. The van der Waals surface area contributed by atoms with E-state index < -0.39 is 35.8 Å². The maximum atomic E-state index is 14.3. The Balaban J connectivity index is 1.14. The molecule has 7 rings (SSSR count). The van der Waals surface area contributed by atoms with E-state index >= 15 is 0 Å². The number of β-lactam (4-membered cyclic amide) rings is 1. The minimum atomic E-state index is -1.85. The zero-order valence-electron chi connectivity index (χ0n) is 27.8. The number of hydrogen-bond acceptors (Lipinski definition) is 10. The minimum Gasteiger partial charge on any atom is -0.448 e. The summed E-state index contributed by atoms with van der Waals surface area (Å²) in [5.74, 6) is -1.61. The van der Waals surface area contributed by atoms with E-state index in [0.717, 1.165) is 27.8 Å². The summed E-state index contributed by atoms with van der Waals surface area (Å²) in [6.07, 6.45) is -1.89. The maximum absolute atomic E-state index is 14.3. The quantitative estimate of drug-likeness (QED) is 0.0859. The number of benzene rings is 4. The molecule has 4 aromatic carbocycles. The van der Waals surface area contributed by atoms with E-state index in [9.17, 15) is 14.4 Å². The summed E-state index contributed by atoms with van der Waals surface area (Å²) in [7, 11) is 3.03. The van der Waals surface area contributed by atoms with E-state index in [2.05, 4.69) is 20.8 Å². The van der Waals surface area contributed by atoms with E-state index in [-0.39, 0.29) is 24.5 Å². The van der Waals surface area contributed by atoms with Gasteiger partial charge in [-0.05, 0) is 43.8 Å². The second-order valence-corrected chi connectivity index (χ2v) is 12.9. The fourth-order valence-electron chi connectivity index (χ4n) is 6.17. The fourth-order valence-corrected chi connectivity index (χ4v) is 7.01. The van der Waals surface area contributed by atoms with Crippen molar-refractivity contribution in [3.05, 3.63) is 143 Å². The lowest BCUT2D eigenvalue weighted by Gasteiger charge is -2.55. The van der Waals surface area contributed by atoms with E-state index in [1.807, 2.05) is 115 Å². The molecule has 0 saturated carbocycles. The highest BCUT2D eigenvalue weighted by Crippen LogP contribution is 2.42. The third-order valence-electron chi connectivity index (χ3n) is 8.76. The molecule has 258 valence electrons. The lowest BCUT2D eigenvalue weighted by atomic mass is 9.93. The van der Waals surface area contributed by atoms with E-state index in [0.29, 0.717) is 10.7 Å². The van der Waals surface area contributed by atoms with Crippen LogP contribution in [0, 0.1) is 0 Å². The highest BCUT2D eigenvalue weighted by Gasteiger charge is 2.67. The molecular formula is C38H34N6O6S. The molecule has 51 heavy (non-hydrogen) atoms. The van der Waals surface area contributed by atoms with Gasteiger partial charge in [0.2, 0.25) is 11.1 Å². The van der Waals surface area contributed by atoms with Crippen LogP contribution in [0.2, 0.25) is 0 Å². The lowest BCUT2D eigenvalue weighted by molar-refractivity contribution is -0.258. The summed E-state index contributed by atoms with van der Waals surface area (Å²) in [5.41, 5.74) is 3.01. The van der Waals surface area contributed by atoms with Crippen molar-refractivity contribution in [2.24, 2.45) is 7.05 Å². The molecule has 2 amide bonds. The van der Waals surface area contributed by atoms with Crippen LogP contribution in [0.4, 0.5) is 0 Å². The van der Waals surface area contributed by atoms with Crippen LogP contribution < -0.4 is 5.32 Å². The highest BCUT2D eigenvalue weighted by molar-refractivity contribution is 7.99. The first kappa shape index (κ1) is 33.8. The number of aryl methyl sites for hydroxylation is 1. The molecule has 5 aromatic rings. The average Bonchev–Trinajstić information content (AvgIpc) is 3.59. The summed E-state index contributed by atoms with van der Waals surface area (Å²) in [5, 5.41) is 14.9. The largest absolute Gasteiger partial charge is 0.448 e. The van der Waals surface area contributed by atoms with Crippen molar-refractivity contribution in [2.75, 3.05) is 19.5 Å². The number of methoxy groups -OCH3 is 1. The van der Waals surface area contributed by atoms with Crippen LogP contribution in [0.15, 0.2) is 132 Å². The predicted molar refractivity (Wildman–Crippen MR) is 187 cm³/mol. The van der Waals surface area contributed by atoms with Crippen LogP contribution in [-0.4, -0.2) is 74.3 Å². The van der Waals surface area contributed by atoms with Crippen LogP contribution in [0.25, 0.3) is 11.1 Å². The van der Waals surface area contributed by atoms with Gasteiger partial charge in [-0.25, -0.2) is 9.48 Å². The monoisotopic (exact) mass is 702 g/mol. The third-order valence-corrected chi connectivity index (χ3v) is 9.86. The first-order valence-electron chi connectivity index (χ1n) is 16.2. The van der Waals surface area contributed by atoms with Crippen molar-refractivity contribution in [3.8, 4) is 11.1 Å². The SMILES string of the molecule is CO[C@@]1(NC(=O)Cc2ccc(-c3ccccc3)cc2)C(=O)N2C(C(=O)OC(c3ccccc3)c3ccccc3)=C(CSc3nnnn3C)CO[C@@H]21. The van der Waals surface area contributed by atoms with Gasteiger partial charge in [0, 0.05) is 19.9 Å². The molecule has 12 nitrogen and oxygen atoms in total. The topological polar surface area (TPSA) is 138 Å². The maximum Gasteiger partial charge on any atom is 0.356 e. The molecule has 1 N–H and O–H groups in total. The van der Waals surface area contributed by atoms with Crippen LogP contribution in [0.3, 0.4) is 0 Å². The molecule has 0 bridgehead atoms. The summed E-state index contributed by atoms with van der Waals surface area (Å²) in [6, 6.07) is 36.3. The van der Waals surface area contributed by atoms with Crippen molar-refractivity contribution in [1.82, 2.24) is 30.4 Å². The zero-order chi connectivity index (χ0) is 35.4. The molecule has 0 aliphatic carbocycles. The number of tetrazole rings is 1. The van der Waals surface area contributed by atoms with E-state index in [1.54, 1.807) is 7.05 Å².